The summed E-state index contributed by atoms with van der Waals surface area (Å²) in [7, 11) is 1.64. The molecule has 26 heavy (non-hydrogen) atoms. The molecule has 0 bridgehead atoms. The fraction of sp³-hybridized carbons (Fsp3) is 0.273. The molecule has 1 aliphatic carbocycles. The Kier molecular flexibility index (Phi) is 4.51. The summed E-state index contributed by atoms with van der Waals surface area (Å²) in [6.07, 6.45) is 2.29. The van der Waals surface area contributed by atoms with Crippen LogP contribution >= 0.6 is 0 Å². The maximum absolute atomic E-state index is 13.5. The maximum Gasteiger partial charge on any atom is 0.123 e. The highest BCUT2D eigenvalue weighted by molar-refractivity contribution is 5.89. The lowest BCUT2D eigenvalue weighted by Gasteiger charge is -2.24. The Bertz CT molecular complexity index is 937. The summed E-state index contributed by atoms with van der Waals surface area (Å²) in [6, 6.07) is 16.8. The van der Waals surface area contributed by atoms with E-state index in [0.29, 0.717) is 19.1 Å². The van der Waals surface area contributed by atoms with Crippen LogP contribution < -0.4 is 4.74 Å². The number of hydrogen-bond acceptors (Lipinski definition) is 3. The van der Waals surface area contributed by atoms with E-state index >= 15 is 0 Å². The summed E-state index contributed by atoms with van der Waals surface area (Å²) in [6.45, 7) is 1.29. The van der Waals surface area contributed by atoms with Crippen molar-refractivity contribution >= 4 is 10.8 Å². The highest BCUT2D eigenvalue weighted by atomic mass is 19.1. The normalized spacial score (nSPS) is 14.1. The average molecular weight is 351 g/mol. The maximum atomic E-state index is 13.5. The Morgan fingerprint density at radius 1 is 1.08 bits per heavy atom. The lowest BCUT2D eigenvalue weighted by atomic mass is 10.0. The molecule has 1 fully saturated rings. The third kappa shape index (κ3) is 3.51. The molecule has 4 heteroatoms. The Hall–Kier alpha value is -2.59. The largest absolute Gasteiger partial charge is 0.508 e. The van der Waals surface area contributed by atoms with Gasteiger partial charge in [0.1, 0.15) is 17.3 Å². The van der Waals surface area contributed by atoms with E-state index < -0.39 is 0 Å². The predicted octanol–water partition coefficient (Wildman–Crippen LogP) is 4.86. The second-order valence-corrected chi connectivity index (χ2v) is 6.92. The van der Waals surface area contributed by atoms with Crippen LogP contribution in [-0.4, -0.2) is 23.2 Å². The molecule has 0 saturated heterocycles. The van der Waals surface area contributed by atoms with Crippen LogP contribution in [0.15, 0.2) is 54.6 Å². The van der Waals surface area contributed by atoms with Gasteiger partial charge in [0.15, 0.2) is 0 Å². The highest BCUT2D eigenvalue weighted by Crippen LogP contribution is 2.35. The molecule has 0 radical (unpaired) electrons. The molecule has 1 N–H and O–H groups in total. The van der Waals surface area contributed by atoms with Gasteiger partial charge in [-0.1, -0.05) is 24.3 Å². The summed E-state index contributed by atoms with van der Waals surface area (Å²) in [5, 5.41) is 12.6. The van der Waals surface area contributed by atoms with Gasteiger partial charge in [-0.25, -0.2) is 4.39 Å². The third-order valence-electron chi connectivity index (χ3n) is 5.01. The van der Waals surface area contributed by atoms with Gasteiger partial charge in [-0.3, -0.25) is 4.90 Å². The van der Waals surface area contributed by atoms with Gasteiger partial charge in [-0.2, -0.15) is 0 Å². The van der Waals surface area contributed by atoms with Crippen molar-refractivity contribution in [2.24, 2.45) is 0 Å². The molecule has 0 unspecified atom stereocenters. The summed E-state index contributed by atoms with van der Waals surface area (Å²) in [5.41, 5.74) is 1.85. The number of methoxy groups -OCH3 is 1. The average Bonchev–Trinajstić information content (AvgIpc) is 3.48. The first-order valence-electron chi connectivity index (χ1n) is 8.91. The summed E-state index contributed by atoms with van der Waals surface area (Å²) < 4.78 is 18.9. The third-order valence-corrected chi connectivity index (χ3v) is 5.01. The second-order valence-electron chi connectivity index (χ2n) is 6.92. The Morgan fingerprint density at radius 3 is 2.62 bits per heavy atom. The first-order valence-corrected chi connectivity index (χ1v) is 8.91. The lowest BCUT2D eigenvalue weighted by Crippen LogP contribution is -2.25. The van der Waals surface area contributed by atoms with Crippen molar-refractivity contribution in [2.45, 2.75) is 32.0 Å². The first kappa shape index (κ1) is 16.9. The van der Waals surface area contributed by atoms with E-state index in [-0.39, 0.29) is 11.6 Å². The van der Waals surface area contributed by atoms with E-state index in [1.807, 2.05) is 30.3 Å². The lowest BCUT2D eigenvalue weighted by molar-refractivity contribution is 0.243. The van der Waals surface area contributed by atoms with E-state index in [1.54, 1.807) is 25.3 Å². The molecule has 0 atom stereocenters. The molecule has 3 nitrogen and oxygen atoms in total. The number of rotatable bonds is 6. The molecule has 0 aromatic heterocycles. The number of phenolic OH excluding ortho intramolecular Hbond substituents is 1. The van der Waals surface area contributed by atoms with Gasteiger partial charge < -0.3 is 9.84 Å². The zero-order chi connectivity index (χ0) is 18.1. The fourth-order valence-electron chi connectivity index (χ4n) is 3.47. The molecular formula is C22H22FNO2. The van der Waals surface area contributed by atoms with Crippen LogP contribution in [0.2, 0.25) is 0 Å². The fourth-order valence-corrected chi connectivity index (χ4v) is 3.47. The van der Waals surface area contributed by atoms with Crippen LogP contribution in [0.4, 0.5) is 4.39 Å². The van der Waals surface area contributed by atoms with Gasteiger partial charge >= 0.3 is 0 Å². The monoisotopic (exact) mass is 351 g/mol. The zero-order valence-electron chi connectivity index (χ0n) is 14.8. The minimum atomic E-state index is -0.212. The van der Waals surface area contributed by atoms with Crippen LogP contribution in [0, 0.1) is 5.82 Å². The van der Waals surface area contributed by atoms with Crippen LogP contribution in [-0.2, 0) is 13.1 Å². The molecule has 0 heterocycles. The van der Waals surface area contributed by atoms with Gasteiger partial charge in [-0.05, 0) is 59.5 Å². The van der Waals surface area contributed by atoms with E-state index in [9.17, 15) is 9.50 Å². The van der Waals surface area contributed by atoms with Crippen molar-refractivity contribution in [3.05, 3.63) is 71.5 Å². The van der Waals surface area contributed by atoms with Crippen molar-refractivity contribution in [3.8, 4) is 11.5 Å². The zero-order valence-corrected chi connectivity index (χ0v) is 14.8. The minimum absolute atomic E-state index is 0.212. The Labute approximate surface area is 152 Å². The standard InChI is InChI=1S/C22H22FNO2/c1-26-19-9-5-16-6-10-22(25)21(20(16)12-19)14-24(18-7-8-18)13-15-3-2-4-17(23)11-15/h2-6,9-12,18,25H,7-8,13-14H2,1H3. The molecule has 1 saturated carbocycles. The van der Waals surface area contributed by atoms with Gasteiger partial charge in [-0.15, -0.1) is 0 Å². The first-order chi connectivity index (χ1) is 12.6. The summed E-state index contributed by atoms with van der Waals surface area (Å²) in [4.78, 5) is 2.32. The van der Waals surface area contributed by atoms with Gasteiger partial charge in [0, 0.05) is 24.7 Å². The van der Waals surface area contributed by atoms with Crippen LogP contribution in [0.1, 0.15) is 24.0 Å². The van der Waals surface area contributed by atoms with E-state index in [0.717, 1.165) is 40.5 Å². The Morgan fingerprint density at radius 2 is 1.88 bits per heavy atom. The number of halogens is 1. The number of hydrogen-bond donors (Lipinski definition) is 1. The summed E-state index contributed by atoms with van der Waals surface area (Å²) in [5.74, 6) is 0.846. The van der Waals surface area contributed by atoms with Gasteiger partial charge in [0.25, 0.3) is 0 Å². The van der Waals surface area contributed by atoms with Crippen molar-refractivity contribution in [1.29, 1.82) is 0 Å². The van der Waals surface area contributed by atoms with Crippen molar-refractivity contribution in [2.75, 3.05) is 7.11 Å². The molecule has 0 amide bonds. The number of benzene rings is 3. The van der Waals surface area contributed by atoms with E-state index in [1.165, 1.54) is 6.07 Å². The molecule has 0 spiro atoms. The number of aromatic hydroxyl groups is 1. The van der Waals surface area contributed by atoms with Gasteiger partial charge in [0.05, 0.1) is 7.11 Å². The minimum Gasteiger partial charge on any atom is -0.508 e. The number of phenols is 1. The number of nitrogens with zero attached hydrogens (tertiary/aromatic N) is 1. The van der Waals surface area contributed by atoms with Crippen LogP contribution in [0.5, 0.6) is 11.5 Å². The quantitative estimate of drug-likeness (QED) is 0.688. The van der Waals surface area contributed by atoms with Crippen molar-refractivity contribution in [3.63, 3.8) is 0 Å². The molecule has 3 aromatic rings. The topological polar surface area (TPSA) is 32.7 Å². The SMILES string of the molecule is COc1ccc2ccc(O)c(CN(Cc3cccc(F)c3)C3CC3)c2c1. The van der Waals surface area contributed by atoms with E-state index in [4.69, 9.17) is 4.74 Å². The second kappa shape index (κ2) is 6.96. The molecule has 134 valence electrons. The molecule has 0 aliphatic heterocycles. The van der Waals surface area contributed by atoms with Crippen LogP contribution in [0.25, 0.3) is 10.8 Å². The molecular weight excluding hydrogens is 329 g/mol. The van der Waals surface area contributed by atoms with Gasteiger partial charge in [0.2, 0.25) is 0 Å². The van der Waals surface area contributed by atoms with E-state index in [2.05, 4.69) is 4.90 Å². The molecule has 3 aromatic carbocycles. The highest BCUT2D eigenvalue weighted by Gasteiger charge is 2.30. The summed E-state index contributed by atoms with van der Waals surface area (Å²) >= 11 is 0. The predicted molar refractivity (Wildman–Crippen MR) is 101 cm³/mol. The molecule has 4 rings (SSSR count). The van der Waals surface area contributed by atoms with Crippen molar-refractivity contribution < 1.29 is 14.2 Å². The van der Waals surface area contributed by atoms with Crippen molar-refractivity contribution in [1.82, 2.24) is 4.90 Å². The Balaban J connectivity index is 1.68. The smallest absolute Gasteiger partial charge is 0.123 e. The number of fused-ring (bicyclic) bond motifs is 1. The number of ether oxygens (including phenoxy) is 1. The molecule has 1 aliphatic rings. The van der Waals surface area contributed by atoms with Crippen LogP contribution in [0.3, 0.4) is 0 Å².